The van der Waals surface area contributed by atoms with Crippen molar-refractivity contribution >= 4 is 5.91 Å². The van der Waals surface area contributed by atoms with E-state index in [1.165, 1.54) is 6.92 Å². The Morgan fingerprint density at radius 1 is 1.36 bits per heavy atom. The van der Waals surface area contributed by atoms with Gasteiger partial charge in [-0.15, -0.1) is 0 Å². The van der Waals surface area contributed by atoms with E-state index in [2.05, 4.69) is 20.6 Å². The summed E-state index contributed by atoms with van der Waals surface area (Å²) in [5, 5.41) is 6.35. The first kappa shape index (κ1) is 15.4. The number of alkyl halides is 1. The van der Waals surface area contributed by atoms with Crippen LogP contribution in [0.1, 0.15) is 42.0 Å². The van der Waals surface area contributed by atoms with Crippen LogP contribution in [0.2, 0.25) is 0 Å². The number of hydrogen-bond acceptors (Lipinski definition) is 4. The van der Waals surface area contributed by atoms with Crippen molar-refractivity contribution in [3.8, 4) is 0 Å². The molecule has 1 aromatic heterocycles. The van der Waals surface area contributed by atoms with Crippen LogP contribution in [-0.4, -0.2) is 65.7 Å². The first-order valence-corrected chi connectivity index (χ1v) is 8.00. The van der Waals surface area contributed by atoms with Crippen LogP contribution in [-0.2, 0) is 0 Å². The third-order valence-electron chi connectivity index (χ3n) is 4.41. The zero-order chi connectivity index (χ0) is 15.6. The lowest BCUT2D eigenvalue weighted by atomic mass is 9.98. The molecule has 2 fully saturated rings. The molecule has 0 spiro atoms. The van der Waals surface area contributed by atoms with E-state index in [4.69, 9.17) is 0 Å². The highest BCUT2D eigenvalue weighted by atomic mass is 19.1. The van der Waals surface area contributed by atoms with Gasteiger partial charge in [0.1, 0.15) is 17.2 Å². The van der Waals surface area contributed by atoms with Crippen LogP contribution >= 0.6 is 0 Å². The van der Waals surface area contributed by atoms with Crippen molar-refractivity contribution in [2.45, 2.75) is 31.4 Å². The summed E-state index contributed by atoms with van der Waals surface area (Å²) < 4.78 is 14.3. The Bertz CT molecular complexity index is 524. The van der Waals surface area contributed by atoms with Gasteiger partial charge in [0.05, 0.1) is 12.7 Å². The number of imidazole rings is 1. The van der Waals surface area contributed by atoms with E-state index in [9.17, 15) is 9.18 Å². The molecule has 22 heavy (non-hydrogen) atoms. The number of rotatable bonds is 2. The minimum absolute atomic E-state index is 0.112. The zero-order valence-electron chi connectivity index (χ0n) is 13.0. The summed E-state index contributed by atoms with van der Waals surface area (Å²) in [6.07, 6.45) is 3.64. The first-order valence-electron chi connectivity index (χ1n) is 8.00. The Balaban J connectivity index is 1.70. The molecule has 0 radical (unpaired) electrons. The summed E-state index contributed by atoms with van der Waals surface area (Å²) in [4.78, 5) is 21.7. The second-order valence-corrected chi connectivity index (χ2v) is 6.52. The molecule has 1 atom stereocenters. The number of carbonyl (C=O) groups is 1. The van der Waals surface area contributed by atoms with Gasteiger partial charge in [-0.25, -0.2) is 9.37 Å². The third kappa shape index (κ3) is 3.47. The Labute approximate surface area is 129 Å². The molecule has 2 aliphatic heterocycles. The molecular weight excluding hydrogens is 285 g/mol. The maximum atomic E-state index is 14.3. The van der Waals surface area contributed by atoms with Gasteiger partial charge in [-0.2, -0.15) is 0 Å². The van der Waals surface area contributed by atoms with Crippen LogP contribution in [0.25, 0.3) is 0 Å². The number of H-pyrrole nitrogens is 1. The number of aromatic amines is 1. The van der Waals surface area contributed by atoms with Crippen LogP contribution in [0.15, 0.2) is 6.20 Å². The van der Waals surface area contributed by atoms with Crippen molar-refractivity contribution in [2.24, 2.45) is 0 Å². The Morgan fingerprint density at radius 2 is 2.14 bits per heavy atom. The van der Waals surface area contributed by atoms with Gasteiger partial charge in [-0.3, -0.25) is 4.79 Å². The molecule has 3 rings (SSSR count). The molecule has 0 saturated carbocycles. The number of nitrogens with one attached hydrogen (secondary N) is 3. The van der Waals surface area contributed by atoms with Crippen molar-refractivity contribution in [3.63, 3.8) is 0 Å². The number of hydrogen-bond donors (Lipinski definition) is 3. The molecule has 0 aromatic carbocycles. The molecule has 1 amide bonds. The fraction of sp³-hybridized carbons (Fsp3) is 0.733. The molecule has 1 unspecified atom stereocenters. The fourth-order valence-electron chi connectivity index (χ4n) is 3.19. The van der Waals surface area contributed by atoms with Gasteiger partial charge in [0.2, 0.25) is 0 Å². The molecule has 3 N–H and O–H groups in total. The second kappa shape index (κ2) is 6.34. The van der Waals surface area contributed by atoms with E-state index in [0.29, 0.717) is 24.7 Å². The van der Waals surface area contributed by atoms with Gasteiger partial charge in [-0.1, -0.05) is 0 Å². The molecule has 0 aliphatic carbocycles. The predicted octanol–water partition coefficient (Wildman–Crippen LogP) is 0.650. The van der Waals surface area contributed by atoms with E-state index in [1.807, 2.05) is 0 Å². The summed E-state index contributed by atoms with van der Waals surface area (Å²) in [7, 11) is 0. The minimum Gasteiger partial charge on any atom is -0.338 e. The number of aromatic nitrogens is 2. The third-order valence-corrected chi connectivity index (χ3v) is 4.41. The molecule has 7 heteroatoms. The highest BCUT2D eigenvalue weighted by molar-refractivity contribution is 5.92. The average molecular weight is 309 g/mol. The number of carbonyl (C=O) groups excluding carboxylic acids is 1. The quantitative estimate of drug-likeness (QED) is 0.750. The monoisotopic (exact) mass is 309 g/mol. The van der Waals surface area contributed by atoms with Crippen molar-refractivity contribution in [3.05, 3.63) is 17.7 Å². The van der Waals surface area contributed by atoms with Gasteiger partial charge in [0, 0.05) is 25.6 Å². The minimum atomic E-state index is -1.40. The smallest absolute Gasteiger partial charge is 0.272 e. The average Bonchev–Trinajstić information content (AvgIpc) is 2.93. The van der Waals surface area contributed by atoms with Gasteiger partial charge in [0.25, 0.3) is 5.91 Å². The van der Waals surface area contributed by atoms with Crippen molar-refractivity contribution in [2.75, 3.05) is 39.3 Å². The molecule has 1 aromatic rings. The molecule has 3 heterocycles. The van der Waals surface area contributed by atoms with E-state index in [0.717, 1.165) is 31.8 Å². The highest BCUT2D eigenvalue weighted by Crippen LogP contribution is 2.23. The van der Waals surface area contributed by atoms with Crippen molar-refractivity contribution in [1.82, 2.24) is 25.5 Å². The summed E-state index contributed by atoms with van der Waals surface area (Å²) in [5.41, 5.74) is -0.935. The molecule has 122 valence electrons. The largest absolute Gasteiger partial charge is 0.338 e. The van der Waals surface area contributed by atoms with Crippen molar-refractivity contribution in [1.29, 1.82) is 0 Å². The Kier molecular flexibility index (Phi) is 4.44. The van der Waals surface area contributed by atoms with Crippen LogP contribution in [0.3, 0.4) is 0 Å². The van der Waals surface area contributed by atoms with E-state index >= 15 is 0 Å². The van der Waals surface area contributed by atoms with Gasteiger partial charge in [0.15, 0.2) is 0 Å². The Morgan fingerprint density at radius 3 is 2.91 bits per heavy atom. The topological polar surface area (TPSA) is 73.1 Å². The van der Waals surface area contributed by atoms with Gasteiger partial charge in [-0.05, 0) is 32.9 Å². The highest BCUT2D eigenvalue weighted by Gasteiger charge is 2.32. The summed E-state index contributed by atoms with van der Waals surface area (Å²) in [5.74, 6) is 1.08. The van der Waals surface area contributed by atoms with Crippen LogP contribution in [0.5, 0.6) is 0 Å². The zero-order valence-corrected chi connectivity index (χ0v) is 13.0. The van der Waals surface area contributed by atoms with E-state index < -0.39 is 5.67 Å². The van der Waals surface area contributed by atoms with Gasteiger partial charge < -0.3 is 20.5 Å². The second-order valence-electron chi connectivity index (χ2n) is 6.52. The van der Waals surface area contributed by atoms with E-state index in [1.54, 1.807) is 11.1 Å². The molecule has 2 saturated heterocycles. The molecule has 0 bridgehead atoms. The molecular formula is C15H24FN5O. The standard InChI is InChI=1S/C15H24FN5O/c1-15(16)9-18-6-7-21(10-15)14(22)12-8-19-13(20-12)11-2-4-17-5-3-11/h8,11,17-18H,2-7,9-10H2,1H3,(H,19,20). The fourth-order valence-corrected chi connectivity index (χ4v) is 3.19. The summed E-state index contributed by atoms with van der Waals surface area (Å²) in [6.45, 7) is 5.00. The number of piperidine rings is 1. The number of amides is 1. The number of nitrogens with zero attached hydrogens (tertiary/aromatic N) is 2. The lowest BCUT2D eigenvalue weighted by molar-refractivity contribution is 0.0651. The van der Waals surface area contributed by atoms with E-state index in [-0.39, 0.29) is 19.0 Å². The van der Waals surface area contributed by atoms with Crippen LogP contribution in [0.4, 0.5) is 4.39 Å². The normalized spacial score (nSPS) is 27.6. The summed E-state index contributed by atoms with van der Waals surface area (Å²) >= 11 is 0. The van der Waals surface area contributed by atoms with Crippen LogP contribution in [0, 0.1) is 0 Å². The maximum Gasteiger partial charge on any atom is 0.272 e. The predicted molar refractivity (Wildman–Crippen MR) is 81.7 cm³/mol. The maximum absolute atomic E-state index is 14.3. The van der Waals surface area contributed by atoms with Gasteiger partial charge >= 0.3 is 0 Å². The summed E-state index contributed by atoms with van der Waals surface area (Å²) in [6, 6.07) is 0. The first-order chi connectivity index (χ1) is 10.6. The molecule has 6 nitrogen and oxygen atoms in total. The lowest BCUT2D eigenvalue weighted by Gasteiger charge is -2.25. The molecule has 2 aliphatic rings. The lowest BCUT2D eigenvalue weighted by Crippen LogP contribution is -2.42. The van der Waals surface area contributed by atoms with Crippen LogP contribution < -0.4 is 10.6 Å². The Hall–Kier alpha value is -1.47. The van der Waals surface area contributed by atoms with Crippen molar-refractivity contribution < 1.29 is 9.18 Å². The SMILES string of the molecule is CC1(F)CNCCN(C(=O)c2cnc(C3CCNCC3)[nH]2)C1. The number of halogens is 1.